The quantitative estimate of drug-likeness (QED) is 0.341. The summed E-state index contributed by atoms with van der Waals surface area (Å²) in [6.45, 7) is 2.56. The lowest BCUT2D eigenvalue weighted by Crippen LogP contribution is -2.27. The molecule has 1 atom stereocenters. The third kappa shape index (κ3) is 7.51. The maximum absolute atomic E-state index is 12.0. The van der Waals surface area contributed by atoms with E-state index in [0.717, 1.165) is 22.3 Å². The van der Waals surface area contributed by atoms with Gasteiger partial charge in [-0.2, -0.15) is 0 Å². The number of aliphatic hydroxyl groups is 1. The smallest absolute Gasteiger partial charge is 0.306 e. The number of benzene rings is 2. The van der Waals surface area contributed by atoms with Crippen molar-refractivity contribution in [3.8, 4) is 16.9 Å². The molecular formula is C26H27ClN2O6. The molecule has 3 aromatic rings. The summed E-state index contributed by atoms with van der Waals surface area (Å²) in [6, 6.07) is 16.1. The largest absolute Gasteiger partial charge is 0.489 e. The number of carbonyl (C=O) groups is 2. The van der Waals surface area contributed by atoms with E-state index in [4.69, 9.17) is 31.3 Å². The molecule has 3 rings (SSSR count). The van der Waals surface area contributed by atoms with Gasteiger partial charge in [-0.15, -0.1) is 0 Å². The lowest BCUT2D eigenvalue weighted by Gasteiger charge is -2.16. The first-order valence-electron chi connectivity index (χ1n) is 11.1. The number of carbonyl (C=O) groups excluding carboxylic acids is 1. The summed E-state index contributed by atoms with van der Waals surface area (Å²) in [6.07, 6.45) is 0.959. The van der Waals surface area contributed by atoms with Crippen LogP contribution in [0.5, 0.6) is 5.75 Å². The molecule has 0 aliphatic rings. The zero-order chi connectivity index (χ0) is 25.2. The molecule has 0 spiro atoms. The fraction of sp³-hybridized carbons (Fsp3) is 0.269. The Labute approximate surface area is 208 Å². The Morgan fingerprint density at radius 1 is 1.11 bits per heavy atom. The summed E-state index contributed by atoms with van der Waals surface area (Å²) in [7, 11) is 0. The van der Waals surface area contributed by atoms with Crippen molar-refractivity contribution in [2.75, 3.05) is 19.8 Å². The lowest BCUT2D eigenvalue weighted by atomic mass is 10.0. The second-order valence-corrected chi connectivity index (χ2v) is 8.03. The molecule has 0 saturated heterocycles. The van der Waals surface area contributed by atoms with E-state index in [1.807, 2.05) is 19.1 Å². The number of aliphatic carboxylic acids is 1. The molecule has 9 heteroatoms. The predicted molar refractivity (Wildman–Crippen MR) is 131 cm³/mol. The summed E-state index contributed by atoms with van der Waals surface area (Å²) in [4.78, 5) is 27.2. The molecule has 0 aliphatic heterocycles. The molecule has 0 radical (unpaired) electrons. The van der Waals surface area contributed by atoms with Crippen LogP contribution in [0.1, 0.15) is 41.1 Å². The van der Waals surface area contributed by atoms with Crippen LogP contribution in [-0.4, -0.2) is 46.8 Å². The van der Waals surface area contributed by atoms with Gasteiger partial charge in [-0.1, -0.05) is 35.9 Å². The number of pyridine rings is 1. The Kier molecular flexibility index (Phi) is 9.60. The number of aromatic nitrogens is 1. The van der Waals surface area contributed by atoms with Crippen LogP contribution in [0.25, 0.3) is 11.1 Å². The molecule has 3 N–H and O–H groups in total. The van der Waals surface area contributed by atoms with Gasteiger partial charge in [0.1, 0.15) is 18.1 Å². The average Bonchev–Trinajstić information content (AvgIpc) is 2.86. The highest BCUT2D eigenvalue weighted by Gasteiger charge is 2.16. The van der Waals surface area contributed by atoms with E-state index < -0.39 is 12.1 Å². The number of amides is 1. The topological polar surface area (TPSA) is 118 Å². The van der Waals surface area contributed by atoms with Crippen molar-refractivity contribution in [2.24, 2.45) is 0 Å². The first kappa shape index (κ1) is 26.2. The minimum Gasteiger partial charge on any atom is -0.489 e. The van der Waals surface area contributed by atoms with E-state index in [1.165, 1.54) is 0 Å². The maximum atomic E-state index is 12.0. The highest BCUT2D eigenvalue weighted by molar-refractivity contribution is 6.33. The minimum atomic E-state index is -0.919. The van der Waals surface area contributed by atoms with Crippen molar-refractivity contribution in [3.05, 3.63) is 82.6 Å². The van der Waals surface area contributed by atoms with E-state index in [2.05, 4.69) is 10.3 Å². The van der Waals surface area contributed by atoms with Crippen LogP contribution in [0.15, 0.2) is 60.8 Å². The van der Waals surface area contributed by atoms with Crippen LogP contribution in [0.2, 0.25) is 5.02 Å². The number of hydrogen-bond donors (Lipinski definition) is 3. The third-order valence-corrected chi connectivity index (χ3v) is 5.45. The van der Waals surface area contributed by atoms with E-state index in [9.17, 15) is 9.59 Å². The summed E-state index contributed by atoms with van der Waals surface area (Å²) >= 11 is 6.40. The number of carboxylic acids is 1. The third-order valence-electron chi connectivity index (χ3n) is 5.12. The molecule has 0 fully saturated rings. The first-order chi connectivity index (χ1) is 16.9. The number of ether oxygens (including phenoxy) is 2. The molecule has 2 aromatic carbocycles. The summed E-state index contributed by atoms with van der Waals surface area (Å²) in [5.41, 5.74) is 3.41. The summed E-state index contributed by atoms with van der Waals surface area (Å²) in [5.74, 6) is -0.645. The van der Waals surface area contributed by atoms with Gasteiger partial charge in [0.15, 0.2) is 0 Å². The molecule has 8 nitrogen and oxygen atoms in total. The van der Waals surface area contributed by atoms with E-state index in [-0.39, 0.29) is 31.2 Å². The van der Waals surface area contributed by atoms with Crippen LogP contribution in [0.4, 0.5) is 0 Å². The number of hydrogen-bond acceptors (Lipinski definition) is 6. The molecule has 184 valence electrons. The summed E-state index contributed by atoms with van der Waals surface area (Å²) < 4.78 is 11.4. The van der Waals surface area contributed by atoms with Gasteiger partial charge in [0.25, 0.3) is 5.91 Å². The Hall–Kier alpha value is -3.46. The van der Waals surface area contributed by atoms with E-state index >= 15 is 0 Å². The van der Waals surface area contributed by atoms with E-state index in [0.29, 0.717) is 24.0 Å². The van der Waals surface area contributed by atoms with Gasteiger partial charge < -0.3 is 25.0 Å². The molecular weight excluding hydrogens is 472 g/mol. The number of rotatable bonds is 12. The second kappa shape index (κ2) is 12.9. The molecule has 0 aliphatic carbocycles. The number of nitrogens with zero attached hydrogens (tertiary/aromatic N) is 1. The van der Waals surface area contributed by atoms with Crippen LogP contribution in [-0.2, 0) is 16.1 Å². The molecule has 0 bridgehead atoms. The molecule has 0 unspecified atom stereocenters. The maximum Gasteiger partial charge on any atom is 0.306 e. The highest BCUT2D eigenvalue weighted by Crippen LogP contribution is 2.29. The average molecular weight is 499 g/mol. The molecule has 0 saturated carbocycles. The molecule has 35 heavy (non-hydrogen) atoms. The zero-order valence-electron chi connectivity index (χ0n) is 19.2. The minimum absolute atomic E-state index is 0.106. The Morgan fingerprint density at radius 2 is 1.89 bits per heavy atom. The van der Waals surface area contributed by atoms with Crippen molar-refractivity contribution in [3.63, 3.8) is 0 Å². The Bertz CT molecular complexity index is 1140. The second-order valence-electron chi connectivity index (χ2n) is 7.63. The number of carboxylic acid groups (broad SMARTS) is 1. The number of aliphatic hydroxyl groups excluding tert-OH is 1. The number of halogens is 1. The predicted octanol–water partition coefficient (Wildman–Crippen LogP) is 4.26. The van der Waals surface area contributed by atoms with Crippen LogP contribution in [0, 0.1) is 0 Å². The van der Waals surface area contributed by atoms with Gasteiger partial charge in [-0.25, -0.2) is 0 Å². The van der Waals surface area contributed by atoms with E-state index in [1.54, 1.807) is 48.7 Å². The SMILES string of the molecule is CCO[C@@H](CC(=O)O)c1ccc(OCc2ccc(Cl)c(-c3ccc(C(=O)NCCO)nc3)c2)cc1. The van der Waals surface area contributed by atoms with Gasteiger partial charge in [0.2, 0.25) is 0 Å². The molecule has 1 aromatic heterocycles. The van der Waals surface area contributed by atoms with Crippen LogP contribution in [0.3, 0.4) is 0 Å². The first-order valence-corrected chi connectivity index (χ1v) is 11.5. The standard InChI is InChI=1S/C26H27ClN2O6/c1-2-34-24(14-25(31)32)18-4-7-20(8-5-18)35-16-17-3-9-22(27)21(13-17)19-6-10-23(29-15-19)26(33)28-11-12-30/h3-10,13,15,24,30H,2,11-12,14,16H2,1H3,(H,28,33)(H,31,32)/t24-/m0/s1. The monoisotopic (exact) mass is 498 g/mol. The highest BCUT2D eigenvalue weighted by atomic mass is 35.5. The Balaban J connectivity index is 1.67. The lowest BCUT2D eigenvalue weighted by molar-refractivity contribution is -0.140. The number of nitrogens with one attached hydrogen (secondary N) is 1. The van der Waals surface area contributed by atoms with Gasteiger partial charge >= 0.3 is 5.97 Å². The molecule has 1 heterocycles. The molecule has 1 amide bonds. The van der Waals surface area contributed by atoms with Gasteiger partial charge in [-0.3, -0.25) is 14.6 Å². The van der Waals surface area contributed by atoms with Gasteiger partial charge in [0.05, 0.1) is 19.1 Å². The van der Waals surface area contributed by atoms with Crippen molar-refractivity contribution >= 4 is 23.5 Å². The van der Waals surface area contributed by atoms with Crippen molar-refractivity contribution in [1.29, 1.82) is 0 Å². The van der Waals surface area contributed by atoms with Crippen LogP contribution >= 0.6 is 11.6 Å². The fourth-order valence-corrected chi connectivity index (χ4v) is 3.64. The van der Waals surface area contributed by atoms with Gasteiger partial charge in [0, 0.05) is 35.5 Å². The summed E-state index contributed by atoms with van der Waals surface area (Å²) in [5, 5.41) is 21.0. The van der Waals surface area contributed by atoms with Crippen molar-refractivity contribution in [2.45, 2.75) is 26.1 Å². The Morgan fingerprint density at radius 3 is 2.51 bits per heavy atom. The van der Waals surface area contributed by atoms with Crippen molar-refractivity contribution < 1.29 is 29.3 Å². The normalized spacial score (nSPS) is 11.6. The van der Waals surface area contributed by atoms with Crippen LogP contribution < -0.4 is 10.1 Å². The van der Waals surface area contributed by atoms with Crippen molar-refractivity contribution in [1.82, 2.24) is 10.3 Å². The van der Waals surface area contributed by atoms with Gasteiger partial charge in [-0.05, 0) is 48.4 Å². The fourth-order valence-electron chi connectivity index (χ4n) is 3.41. The zero-order valence-corrected chi connectivity index (χ0v) is 20.0.